The number of pyridine rings is 4. The third-order valence-corrected chi connectivity index (χ3v) is 26.2. The molecule has 12 aromatic rings. The molecule has 0 aliphatic carbocycles. The zero-order valence-corrected chi connectivity index (χ0v) is 73.6. The predicted molar refractivity (Wildman–Crippen MR) is 481 cm³/mol. The highest BCUT2D eigenvalue weighted by Crippen LogP contribution is 2.37. The van der Waals surface area contributed by atoms with E-state index in [1.54, 1.807) is 12.3 Å². The first-order chi connectivity index (χ1) is 56.0. The van der Waals surface area contributed by atoms with E-state index in [4.69, 9.17) is 17.8 Å². The van der Waals surface area contributed by atoms with Crippen molar-refractivity contribution in [3.05, 3.63) is 291 Å². The van der Waals surface area contributed by atoms with E-state index in [0.29, 0.717) is 11.1 Å². The van der Waals surface area contributed by atoms with E-state index in [0.717, 1.165) is 106 Å². The molecular formula is C102H130N4Si3+4. The highest BCUT2D eigenvalue weighted by atomic mass is 28.3. The average Bonchev–Trinajstić information content (AvgIpc) is 0.731. The van der Waals surface area contributed by atoms with Gasteiger partial charge in [0.05, 0.1) is 24.2 Å². The minimum atomic E-state index is -2.42. The zero-order valence-electron chi connectivity index (χ0n) is 83.6. The van der Waals surface area contributed by atoms with Gasteiger partial charge in [0.25, 0.3) is 0 Å². The van der Waals surface area contributed by atoms with Gasteiger partial charge >= 0.3 is 0 Å². The lowest BCUT2D eigenvalue weighted by Gasteiger charge is -2.24. The first-order valence-electron chi connectivity index (χ1n) is 44.9. The van der Waals surface area contributed by atoms with Gasteiger partial charge in [0.1, 0.15) is 28.2 Å². The monoisotopic (exact) mass is 1510 g/mol. The van der Waals surface area contributed by atoms with Gasteiger partial charge in [-0.05, 0) is 218 Å². The Morgan fingerprint density at radius 2 is 0.670 bits per heavy atom. The lowest BCUT2D eigenvalue weighted by atomic mass is 9.86. The standard InChI is InChI=1S/2C28H38NSi.C24H30NSi.C22H24N/c1-20-15-27(30(7,8)9)25(22-13-11-10-12-14-22)17-24(20)26-16-23(18-28(3,4)5)21(2)19-29(26)6;1-20-15-26(29(6)19-23(20)18-28(3,4)5)24-17-25(22-13-11-10-12-14-22)27(16-21(24)2)30(7,8)9;1-17-8-10-20(11-9-17)22-15-23(19(3)14-18(22)2)24-13-12-21(16-25(24)4)26(5,6)7;1-15-6-8-19(9-7-15)20-14-21(18(4)13-17(20)3)22-12-16(2)10-11-23(22)5/h2*10-17,19H,18H2,1-9H3;8-16H,1-7H3;6-14H,1-5H3/q4*+1/i2D3,18D2;18D2;2D3;3D3. The molecule has 0 atom stereocenters. The summed E-state index contributed by atoms with van der Waals surface area (Å²) in [6.45, 7) is 42.3. The van der Waals surface area contributed by atoms with Gasteiger partial charge in [0.2, 0.25) is 22.8 Å². The van der Waals surface area contributed by atoms with Crippen molar-refractivity contribution in [3.8, 4) is 89.5 Å². The summed E-state index contributed by atoms with van der Waals surface area (Å²) in [7, 11) is 3.34. The molecule has 0 fully saturated rings. The van der Waals surface area contributed by atoms with Crippen molar-refractivity contribution in [1.29, 1.82) is 0 Å². The second-order valence-electron chi connectivity index (χ2n) is 35.4. The van der Waals surface area contributed by atoms with Crippen molar-refractivity contribution in [3.63, 3.8) is 0 Å². The number of benzene rings is 8. The van der Waals surface area contributed by atoms with Crippen LogP contribution < -0.4 is 33.8 Å². The molecule has 0 saturated heterocycles. The summed E-state index contributed by atoms with van der Waals surface area (Å²) in [4.78, 5) is 0. The van der Waals surface area contributed by atoms with Crippen molar-refractivity contribution in [2.45, 2.75) is 189 Å². The molecule has 0 N–H and O–H groups in total. The molecule has 4 nitrogen and oxygen atoms in total. The second-order valence-corrected chi connectivity index (χ2v) is 50.5. The van der Waals surface area contributed by atoms with E-state index in [9.17, 15) is 0 Å². The molecule has 0 bridgehead atoms. The molecule has 8 aromatic carbocycles. The largest absolute Gasteiger partial charge is 0.212 e. The van der Waals surface area contributed by atoms with Gasteiger partial charge in [-0.3, -0.25) is 0 Å². The van der Waals surface area contributed by atoms with E-state index in [2.05, 4.69) is 204 Å². The highest BCUT2D eigenvalue weighted by molar-refractivity contribution is 6.90. The van der Waals surface area contributed by atoms with Gasteiger partial charge in [0.15, 0.2) is 24.8 Å². The van der Waals surface area contributed by atoms with Crippen LogP contribution in [0.4, 0.5) is 0 Å². The van der Waals surface area contributed by atoms with Gasteiger partial charge in [-0.25, -0.2) is 18.3 Å². The fraction of sp³-hybridized carbons (Fsp3) is 0.333. The van der Waals surface area contributed by atoms with Crippen LogP contribution in [0.1, 0.15) is 132 Å². The molecule has 0 aliphatic heterocycles. The van der Waals surface area contributed by atoms with Crippen LogP contribution >= 0.6 is 0 Å². The van der Waals surface area contributed by atoms with E-state index in [1.165, 1.54) is 48.9 Å². The van der Waals surface area contributed by atoms with Gasteiger partial charge < -0.3 is 0 Å². The maximum absolute atomic E-state index is 8.93. The summed E-state index contributed by atoms with van der Waals surface area (Å²) < 4.78 is 116. The second kappa shape index (κ2) is 34.1. The summed E-state index contributed by atoms with van der Waals surface area (Å²) in [5.41, 5.74) is 26.1. The van der Waals surface area contributed by atoms with Crippen LogP contribution in [-0.4, -0.2) is 24.2 Å². The maximum Gasteiger partial charge on any atom is 0.212 e. The Balaban J connectivity index is 0.000000186. The van der Waals surface area contributed by atoms with E-state index in [1.807, 2.05) is 205 Å². The minimum absolute atomic E-state index is 0.0586. The third kappa shape index (κ3) is 21.3. The number of nitrogens with zero attached hydrogens (tertiary/aromatic N) is 4. The summed E-state index contributed by atoms with van der Waals surface area (Å²) in [6, 6.07) is 66.6. The highest BCUT2D eigenvalue weighted by Gasteiger charge is 2.30. The SMILES string of the molecule is [2H]C([2H])([2H])c1c[n+](C)c(-c2cc(-c3ccccc3)c([Si](C)(C)C)cc2C)cc1C([2H])([2H])C(C)(C)C.[2H]C([2H])([2H])c1cc(C)c(-c2cc(C)cc[n+]2C)cc1-c1ccc(C)cc1.[2H]C([2H])([2H])c1cc(C)c(-c2ccc([Si](C)(C)C)c[n+]2C)cc1-c1ccc(C)cc1.[2H]C([2H])(c1c[n+](C)c(-c2cc(-c3ccccc3)c([Si](C)(C)C)cc2C)cc1C)C(C)(C)C. The summed E-state index contributed by atoms with van der Waals surface area (Å²) in [6.07, 6.45) is 4.59. The van der Waals surface area contributed by atoms with Crippen molar-refractivity contribution in [2.75, 3.05) is 0 Å². The van der Waals surface area contributed by atoms with Crippen molar-refractivity contribution < 1.29 is 36.1 Å². The molecule has 4 aromatic heterocycles. The quantitative estimate of drug-likeness (QED) is 0.0808. The molecule has 7 heteroatoms. The first-order valence-corrected chi connectivity index (χ1v) is 48.9. The normalized spacial score (nSPS) is 14.2. The minimum Gasteiger partial charge on any atom is -0.201 e. The molecule has 0 amide bonds. The molecule has 0 radical (unpaired) electrons. The summed E-state index contributed by atoms with van der Waals surface area (Å²) >= 11 is 0. The van der Waals surface area contributed by atoms with Crippen LogP contribution in [-0.2, 0) is 40.9 Å². The number of hydrogen-bond donors (Lipinski definition) is 0. The lowest BCUT2D eigenvalue weighted by Crippen LogP contribution is -2.44. The Labute approximate surface area is 681 Å². The molecule has 0 saturated carbocycles. The summed E-state index contributed by atoms with van der Waals surface area (Å²) in [5, 5.41) is 4.25. The molecule has 109 heavy (non-hydrogen) atoms. The van der Waals surface area contributed by atoms with Crippen LogP contribution in [0.25, 0.3) is 89.5 Å². The fourth-order valence-corrected chi connectivity index (χ4v) is 18.6. The Bertz CT molecular complexity index is 5800. The maximum atomic E-state index is 8.93. The smallest absolute Gasteiger partial charge is 0.201 e. The Kier molecular flexibility index (Phi) is 20.9. The molecule has 4 heterocycles. The molecule has 12 rings (SSSR count). The van der Waals surface area contributed by atoms with Gasteiger partial charge in [-0.2, -0.15) is 0 Å². The van der Waals surface area contributed by atoms with E-state index < -0.39 is 68.4 Å². The van der Waals surface area contributed by atoms with Crippen LogP contribution in [0.5, 0.6) is 0 Å². The number of rotatable bonds is 13. The van der Waals surface area contributed by atoms with Crippen molar-refractivity contribution >= 4 is 39.8 Å². The van der Waals surface area contributed by atoms with E-state index in [-0.39, 0.29) is 11.1 Å². The lowest BCUT2D eigenvalue weighted by molar-refractivity contribution is -0.661. The molecular weight excluding hydrogens is 1370 g/mol. The van der Waals surface area contributed by atoms with E-state index >= 15 is 0 Å². The molecule has 0 unspecified atom stereocenters. The van der Waals surface area contributed by atoms with Crippen LogP contribution in [0.15, 0.2) is 219 Å². The molecule has 0 aliphatic rings. The summed E-state index contributed by atoms with van der Waals surface area (Å²) in [5.74, 6) is 0. The van der Waals surface area contributed by atoms with Gasteiger partial charge in [-0.15, -0.1) is 0 Å². The van der Waals surface area contributed by atoms with Crippen molar-refractivity contribution in [1.82, 2.24) is 0 Å². The first kappa shape index (κ1) is 67.0. The number of aryl methyl sites for hydroxylation is 15. The molecule has 566 valence electrons. The Hall–Kier alpha value is -8.99. The predicted octanol–water partition coefficient (Wildman–Crippen LogP) is 23.6. The molecule has 0 spiro atoms. The van der Waals surface area contributed by atoms with Gasteiger partial charge in [0, 0.05) is 86.7 Å². The fourth-order valence-electron chi connectivity index (χ4n) is 14.1. The van der Waals surface area contributed by atoms with Crippen LogP contribution in [0.2, 0.25) is 58.9 Å². The van der Waals surface area contributed by atoms with Crippen molar-refractivity contribution in [2.24, 2.45) is 39.0 Å². The average molecular weight is 1510 g/mol. The zero-order chi connectivity index (χ0) is 91.2. The third-order valence-electron chi connectivity index (χ3n) is 20.2. The number of hydrogen-bond acceptors (Lipinski definition) is 0. The van der Waals surface area contributed by atoms with Gasteiger partial charge in [-0.1, -0.05) is 261 Å². The number of aromatic nitrogens is 4. The Morgan fingerprint density at radius 3 is 1.08 bits per heavy atom. The van der Waals surface area contributed by atoms with Crippen LogP contribution in [0.3, 0.4) is 0 Å². The topological polar surface area (TPSA) is 15.5 Å². The van der Waals surface area contributed by atoms with Crippen LogP contribution in [0, 0.1) is 86.8 Å². The Morgan fingerprint density at radius 1 is 0.294 bits per heavy atom.